The molecule has 16 heavy (non-hydrogen) atoms. The van der Waals surface area contributed by atoms with Gasteiger partial charge in [-0.2, -0.15) is 0 Å². The molecule has 0 heterocycles. The molecule has 1 aliphatic rings. The number of Topliss-reactive ketones (excluding diaryl/α,β-unsaturated/α-hetero) is 1. The third-order valence-electron chi connectivity index (χ3n) is 4.65. The predicted octanol–water partition coefficient (Wildman–Crippen LogP) is 3.15. The minimum Gasteiger partial charge on any atom is -0.329 e. The van der Waals surface area contributed by atoms with E-state index in [0.717, 1.165) is 31.6 Å². The number of carbonyl (C=O) groups is 1. The molecule has 1 aliphatic carbocycles. The Balaban J connectivity index is 2.68. The molecule has 94 valence electrons. The summed E-state index contributed by atoms with van der Waals surface area (Å²) in [7, 11) is 0. The van der Waals surface area contributed by atoms with Gasteiger partial charge >= 0.3 is 0 Å². The van der Waals surface area contributed by atoms with Gasteiger partial charge in [0.25, 0.3) is 0 Å². The molecule has 0 unspecified atom stereocenters. The highest BCUT2D eigenvalue weighted by Crippen LogP contribution is 2.37. The third-order valence-corrected chi connectivity index (χ3v) is 4.65. The van der Waals surface area contributed by atoms with Crippen molar-refractivity contribution >= 4 is 5.78 Å². The summed E-state index contributed by atoms with van der Waals surface area (Å²) in [5.41, 5.74) is 5.61. The van der Waals surface area contributed by atoms with Crippen LogP contribution >= 0.6 is 0 Å². The van der Waals surface area contributed by atoms with Crippen LogP contribution in [0.4, 0.5) is 0 Å². The van der Waals surface area contributed by atoms with Crippen molar-refractivity contribution in [3.8, 4) is 0 Å². The van der Waals surface area contributed by atoms with Crippen LogP contribution in [0.3, 0.4) is 0 Å². The lowest BCUT2D eigenvalue weighted by molar-refractivity contribution is -0.134. The molecule has 2 nitrogen and oxygen atoms in total. The summed E-state index contributed by atoms with van der Waals surface area (Å²) in [5.74, 6) is 1.55. The Kier molecular flexibility index (Phi) is 4.97. The van der Waals surface area contributed by atoms with Gasteiger partial charge in [0.05, 0.1) is 0 Å². The van der Waals surface area contributed by atoms with Crippen molar-refractivity contribution in [1.82, 2.24) is 0 Å². The summed E-state index contributed by atoms with van der Waals surface area (Å²) >= 11 is 0. The topological polar surface area (TPSA) is 43.1 Å². The van der Waals surface area contributed by atoms with E-state index in [0.29, 0.717) is 18.2 Å². The van der Waals surface area contributed by atoms with E-state index >= 15 is 0 Å². The van der Waals surface area contributed by atoms with Crippen molar-refractivity contribution in [2.75, 3.05) is 6.54 Å². The monoisotopic (exact) mass is 225 g/mol. The van der Waals surface area contributed by atoms with E-state index in [1.54, 1.807) is 0 Å². The zero-order chi connectivity index (χ0) is 12.2. The highest BCUT2D eigenvalue weighted by molar-refractivity contribution is 5.87. The molecule has 0 bridgehead atoms. The average Bonchev–Trinajstić information content (AvgIpc) is 2.33. The van der Waals surface area contributed by atoms with Crippen LogP contribution in [0.25, 0.3) is 0 Å². The molecule has 2 N–H and O–H groups in total. The number of ketones is 1. The standard InChI is InChI=1S/C14H27NO/c1-4-14(5-2,10-15)13(16)12-8-6-11(3)7-9-12/h11-12H,4-10,15H2,1-3H3. The molecule has 0 radical (unpaired) electrons. The first kappa shape index (κ1) is 13.7. The maximum absolute atomic E-state index is 12.5. The maximum Gasteiger partial charge on any atom is 0.143 e. The van der Waals surface area contributed by atoms with Crippen molar-refractivity contribution in [3.63, 3.8) is 0 Å². The van der Waals surface area contributed by atoms with Gasteiger partial charge in [0.15, 0.2) is 0 Å². The van der Waals surface area contributed by atoms with Gasteiger partial charge in [-0.15, -0.1) is 0 Å². The second-order valence-corrected chi connectivity index (χ2v) is 5.51. The predicted molar refractivity (Wildman–Crippen MR) is 68.2 cm³/mol. The van der Waals surface area contributed by atoms with Crippen molar-refractivity contribution < 1.29 is 4.79 Å². The van der Waals surface area contributed by atoms with E-state index in [4.69, 9.17) is 5.73 Å². The minimum absolute atomic E-state index is 0.231. The van der Waals surface area contributed by atoms with Crippen LogP contribution in [0.5, 0.6) is 0 Å². The zero-order valence-electron chi connectivity index (χ0n) is 11.1. The molecule has 0 atom stereocenters. The lowest BCUT2D eigenvalue weighted by atomic mass is 9.69. The quantitative estimate of drug-likeness (QED) is 0.781. The van der Waals surface area contributed by atoms with Crippen LogP contribution in [-0.4, -0.2) is 12.3 Å². The van der Waals surface area contributed by atoms with Gasteiger partial charge in [-0.3, -0.25) is 4.79 Å². The van der Waals surface area contributed by atoms with Crippen LogP contribution in [0.1, 0.15) is 59.3 Å². The van der Waals surface area contributed by atoms with Crippen LogP contribution in [0, 0.1) is 17.3 Å². The van der Waals surface area contributed by atoms with E-state index < -0.39 is 0 Å². The summed E-state index contributed by atoms with van der Waals surface area (Å²) in [6.07, 6.45) is 6.38. The Morgan fingerprint density at radius 1 is 1.19 bits per heavy atom. The molecule has 0 aromatic carbocycles. The first-order valence-electron chi connectivity index (χ1n) is 6.84. The smallest absolute Gasteiger partial charge is 0.143 e. The molecule has 1 fully saturated rings. The molecule has 1 rings (SSSR count). The van der Waals surface area contributed by atoms with Crippen LogP contribution in [-0.2, 0) is 4.79 Å². The summed E-state index contributed by atoms with van der Waals surface area (Å²) in [5, 5.41) is 0. The van der Waals surface area contributed by atoms with Crippen molar-refractivity contribution in [1.29, 1.82) is 0 Å². The van der Waals surface area contributed by atoms with E-state index in [1.807, 2.05) is 0 Å². The summed E-state index contributed by atoms with van der Waals surface area (Å²) in [4.78, 5) is 12.5. The Hall–Kier alpha value is -0.370. The lowest BCUT2D eigenvalue weighted by Gasteiger charge is -2.35. The van der Waals surface area contributed by atoms with E-state index in [9.17, 15) is 4.79 Å². The summed E-state index contributed by atoms with van der Waals surface area (Å²) in [6.45, 7) is 7.00. The third kappa shape index (κ3) is 2.65. The Labute approximate surface area is 100.0 Å². The molecule has 0 aromatic heterocycles. The molecule has 0 aromatic rings. The van der Waals surface area contributed by atoms with Gasteiger partial charge in [-0.05, 0) is 31.6 Å². The highest BCUT2D eigenvalue weighted by Gasteiger charge is 2.38. The van der Waals surface area contributed by atoms with Gasteiger partial charge in [0, 0.05) is 17.9 Å². The number of rotatable bonds is 5. The molecule has 0 saturated heterocycles. The second-order valence-electron chi connectivity index (χ2n) is 5.51. The summed E-state index contributed by atoms with van der Waals surface area (Å²) < 4.78 is 0. The Bertz CT molecular complexity index is 217. The van der Waals surface area contributed by atoms with Crippen LogP contribution in [0.2, 0.25) is 0 Å². The fourth-order valence-corrected chi connectivity index (χ4v) is 2.94. The molecule has 2 heteroatoms. The molecular weight excluding hydrogens is 198 g/mol. The van der Waals surface area contributed by atoms with Gasteiger partial charge in [0.2, 0.25) is 0 Å². The molecule has 0 aliphatic heterocycles. The Morgan fingerprint density at radius 2 is 1.69 bits per heavy atom. The van der Waals surface area contributed by atoms with Gasteiger partial charge in [-0.25, -0.2) is 0 Å². The van der Waals surface area contributed by atoms with Crippen LogP contribution in [0.15, 0.2) is 0 Å². The zero-order valence-corrected chi connectivity index (χ0v) is 11.1. The van der Waals surface area contributed by atoms with Gasteiger partial charge in [0.1, 0.15) is 5.78 Å². The number of carbonyl (C=O) groups excluding carboxylic acids is 1. The molecule has 0 spiro atoms. The molecule has 1 saturated carbocycles. The Morgan fingerprint density at radius 3 is 2.06 bits per heavy atom. The number of nitrogens with two attached hydrogens (primary N) is 1. The largest absolute Gasteiger partial charge is 0.329 e. The van der Waals surface area contributed by atoms with Gasteiger partial charge in [-0.1, -0.05) is 33.6 Å². The first-order valence-corrected chi connectivity index (χ1v) is 6.84. The average molecular weight is 225 g/mol. The first-order chi connectivity index (χ1) is 7.59. The van der Waals surface area contributed by atoms with Gasteiger partial charge < -0.3 is 5.73 Å². The highest BCUT2D eigenvalue weighted by atomic mass is 16.1. The summed E-state index contributed by atoms with van der Waals surface area (Å²) in [6, 6.07) is 0. The lowest BCUT2D eigenvalue weighted by Crippen LogP contribution is -2.42. The normalized spacial score (nSPS) is 26.8. The van der Waals surface area contributed by atoms with E-state index in [-0.39, 0.29) is 5.41 Å². The molecular formula is C14H27NO. The van der Waals surface area contributed by atoms with E-state index in [2.05, 4.69) is 20.8 Å². The van der Waals surface area contributed by atoms with E-state index in [1.165, 1.54) is 12.8 Å². The second kappa shape index (κ2) is 5.81. The van der Waals surface area contributed by atoms with Crippen molar-refractivity contribution in [3.05, 3.63) is 0 Å². The van der Waals surface area contributed by atoms with Crippen LogP contribution < -0.4 is 5.73 Å². The fraction of sp³-hybridized carbons (Fsp3) is 0.929. The maximum atomic E-state index is 12.5. The number of hydrogen-bond donors (Lipinski definition) is 1. The van der Waals surface area contributed by atoms with Crippen molar-refractivity contribution in [2.45, 2.75) is 59.3 Å². The fourth-order valence-electron chi connectivity index (χ4n) is 2.94. The van der Waals surface area contributed by atoms with Crippen molar-refractivity contribution in [2.24, 2.45) is 23.0 Å². The number of hydrogen-bond acceptors (Lipinski definition) is 2. The molecule has 0 amide bonds. The minimum atomic E-state index is -0.231. The SMILES string of the molecule is CCC(CC)(CN)C(=O)C1CCC(C)CC1.